The first-order valence-corrected chi connectivity index (χ1v) is 13.1. The van der Waals surface area contributed by atoms with Crippen LogP contribution in [-0.4, -0.2) is 64.9 Å². The number of piperidine rings is 2. The number of nitrogens with one attached hydrogen (secondary N) is 1. The van der Waals surface area contributed by atoms with Gasteiger partial charge in [-0.3, -0.25) is 4.79 Å². The molecular formula is C29H31F3N4O2. The molecule has 5 rings (SSSR count). The first-order chi connectivity index (χ1) is 18.1. The lowest BCUT2D eigenvalue weighted by Gasteiger charge is -2.34. The number of rotatable bonds is 5. The molecule has 6 nitrogen and oxygen atoms in total. The minimum Gasteiger partial charge on any atom is -0.490 e. The zero-order valence-corrected chi connectivity index (χ0v) is 21.6. The van der Waals surface area contributed by atoms with Crippen molar-refractivity contribution < 1.29 is 22.7 Å². The largest absolute Gasteiger partial charge is 0.490 e. The summed E-state index contributed by atoms with van der Waals surface area (Å²) in [4.78, 5) is 20.6. The Hall–Kier alpha value is -3.51. The Morgan fingerprint density at radius 3 is 2.47 bits per heavy atom. The molecule has 0 aliphatic carbocycles. The van der Waals surface area contributed by atoms with Crippen molar-refractivity contribution in [1.82, 2.24) is 14.8 Å². The van der Waals surface area contributed by atoms with E-state index in [1.807, 2.05) is 24.3 Å². The van der Waals surface area contributed by atoms with Crippen LogP contribution in [0, 0.1) is 17.1 Å². The first kappa shape index (κ1) is 26.1. The van der Waals surface area contributed by atoms with Gasteiger partial charge < -0.3 is 19.5 Å². The highest BCUT2D eigenvalue weighted by Gasteiger charge is 2.37. The molecule has 200 valence electrons. The van der Waals surface area contributed by atoms with E-state index in [1.165, 1.54) is 23.1 Å². The summed E-state index contributed by atoms with van der Waals surface area (Å²) in [5.41, 5.74) is 1.73. The van der Waals surface area contributed by atoms with Crippen molar-refractivity contribution in [2.45, 2.75) is 57.6 Å². The Balaban J connectivity index is 1.51. The maximum Gasteiger partial charge on any atom is 0.270 e. The van der Waals surface area contributed by atoms with Crippen molar-refractivity contribution in [2.75, 3.05) is 26.2 Å². The number of ether oxygens (including phenoxy) is 1. The lowest BCUT2D eigenvalue weighted by molar-refractivity contribution is -0.0494. The maximum atomic E-state index is 14.2. The fourth-order valence-corrected chi connectivity index (χ4v) is 5.37. The van der Waals surface area contributed by atoms with E-state index in [0.29, 0.717) is 33.8 Å². The standard InChI is InChI=1S/C29H31F3N4O2/c1-18(2)35-11-7-21(8-12-35)38-22-4-6-25-23(16-22)26(19-3-5-24(30)20(15-19)17-33)27(34-25)28(37)36-13-9-29(31,32)10-14-36/h3-6,15-16,18,21,34H,7-14H2,1-2H3. The second kappa shape index (κ2) is 10.3. The summed E-state index contributed by atoms with van der Waals surface area (Å²) in [6.45, 7) is 6.17. The highest BCUT2D eigenvalue weighted by Crippen LogP contribution is 2.37. The number of benzene rings is 2. The summed E-state index contributed by atoms with van der Waals surface area (Å²) in [5, 5.41) is 10.1. The number of carbonyl (C=O) groups excluding carboxylic acids is 1. The van der Waals surface area contributed by atoms with E-state index in [0.717, 1.165) is 25.9 Å². The van der Waals surface area contributed by atoms with Gasteiger partial charge >= 0.3 is 0 Å². The molecule has 2 aliphatic rings. The topological polar surface area (TPSA) is 72.4 Å². The van der Waals surface area contributed by atoms with Crippen molar-refractivity contribution in [3.63, 3.8) is 0 Å². The molecule has 2 saturated heterocycles. The van der Waals surface area contributed by atoms with E-state index in [2.05, 4.69) is 23.7 Å². The molecule has 0 saturated carbocycles. The number of halogens is 3. The molecule has 1 aromatic heterocycles. The van der Waals surface area contributed by atoms with Crippen LogP contribution >= 0.6 is 0 Å². The minimum atomic E-state index is -2.78. The summed E-state index contributed by atoms with van der Waals surface area (Å²) in [6, 6.07) is 12.0. The van der Waals surface area contributed by atoms with Crippen LogP contribution in [0.1, 0.15) is 55.6 Å². The predicted octanol–water partition coefficient (Wildman–Crippen LogP) is 5.97. The summed E-state index contributed by atoms with van der Waals surface area (Å²) >= 11 is 0. The summed E-state index contributed by atoms with van der Waals surface area (Å²) < 4.78 is 48.0. The van der Waals surface area contributed by atoms with E-state index >= 15 is 0 Å². The van der Waals surface area contributed by atoms with E-state index < -0.39 is 30.5 Å². The smallest absolute Gasteiger partial charge is 0.270 e. The number of alkyl halides is 2. The lowest BCUT2D eigenvalue weighted by Crippen LogP contribution is -2.43. The normalized spacial score (nSPS) is 18.6. The number of aromatic nitrogens is 1. The van der Waals surface area contributed by atoms with Crippen LogP contribution in [-0.2, 0) is 0 Å². The molecule has 0 radical (unpaired) electrons. The molecule has 0 bridgehead atoms. The zero-order valence-electron chi connectivity index (χ0n) is 21.6. The van der Waals surface area contributed by atoms with Crippen LogP contribution < -0.4 is 4.74 Å². The molecule has 2 aromatic carbocycles. The first-order valence-electron chi connectivity index (χ1n) is 13.1. The number of H-pyrrole nitrogens is 1. The van der Waals surface area contributed by atoms with Crippen LogP contribution in [0.25, 0.3) is 22.0 Å². The van der Waals surface area contributed by atoms with E-state index in [4.69, 9.17) is 4.74 Å². The fraction of sp³-hybridized carbons (Fsp3) is 0.448. The third-order valence-corrected chi connectivity index (χ3v) is 7.65. The molecule has 1 N–H and O–H groups in total. The Bertz CT molecular complexity index is 1380. The van der Waals surface area contributed by atoms with Gasteiger partial charge in [0.25, 0.3) is 11.8 Å². The van der Waals surface area contributed by atoms with Gasteiger partial charge in [0.1, 0.15) is 29.4 Å². The van der Waals surface area contributed by atoms with Gasteiger partial charge in [0.2, 0.25) is 0 Å². The van der Waals surface area contributed by atoms with Gasteiger partial charge in [-0.25, -0.2) is 13.2 Å². The van der Waals surface area contributed by atoms with Gasteiger partial charge in [-0.15, -0.1) is 0 Å². The second-order valence-corrected chi connectivity index (χ2v) is 10.5. The molecule has 2 fully saturated rings. The molecule has 2 aliphatic heterocycles. The number of amides is 1. The molecule has 9 heteroatoms. The zero-order chi connectivity index (χ0) is 27.0. The van der Waals surface area contributed by atoms with Crippen LogP contribution in [0.3, 0.4) is 0 Å². The minimum absolute atomic E-state index is 0.0586. The van der Waals surface area contributed by atoms with Crippen LogP contribution in [0.15, 0.2) is 36.4 Å². The number of likely N-dealkylation sites (tertiary alicyclic amines) is 2. The molecule has 0 atom stereocenters. The number of carbonyl (C=O) groups is 1. The highest BCUT2D eigenvalue weighted by molar-refractivity contribution is 6.10. The second-order valence-electron chi connectivity index (χ2n) is 10.5. The Labute approximate surface area is 220 Å². The van der Waals surface area contributed by atoms with Gasteiger partial charge in [0.15, 0.2) is 0 Å². The summed E-state index contributed by atoms with van der Waals surface area (Å²) in [6.07, 6.45) is 1.09. The molecule has 0 unspecified atom stereocenters. The molecule has 0 spiro atoms. The number of hydrogen-bond donors (Lipinski definition) is 1. The van der Waals surface area contributed by atoms with Crippen molar-refractivity contribution >= 4 is 16.8 Å². The van der Waals surface area contributed by atoms with Gasteiger partial charge in [-0.1, -0.05) is 6.07 Å². The average molecular weight is 525 g/mol. The van der Waals surface area contributed by atoms with Crippen LogP contribution in [0.5, 0.6) is 5.75 Å². The molecule has 38 heavy (non-hydrogen) atoms. The number of hydrogen-bond acceptors (Lipinski definition) is 4. The third-order valence-electron chi connectivity index (χ3n) is 7.65. The number of nitriles is 1. The monoisotopic (exact) mass is 524 g/mol. The lowest BCUT2D eigenvalue weighted by atomic mass is 9.98. The molecular weight excluding hydrogens is 493 g/mol. The van der Waals surface area contributed by atoms with Crippen LogP contribution in [0.2, 0.25) is 0 Å². The number of fused-ring (bicyclic) bond motifs is 1. The Kier molecular flexibility index (Phi) is 7.10. The fourth-order valence-electron chi connectivity index (χ4n) is 5.37. The van der Waals surface area contributed by atoms with Gasteiger partial charge in [-0.05, 0) is 62.6 Å². The SMILES string of the molecule is CC(C)N1CCC(Oc2ccc3[nH]c(C(=O)N4CCC(F)(F)CC4)c(-c4ccc(F)c(C#N)c4)c3c2)CC1. The van der Waals surface area contributed by atoms with Crippen molar-refractivity contribution in [3.05, 3.63) is 53.5 Å². The highest BCUT2D eigenvalue weighted by atomic mass is 19.3. The van der Waals surface area contributed by atoms with Gasteiger partial charge in [-0.2, -0.15) is 5.26 Å². The van der Waals surface area contributed by atoms with E-state index in [1.54, 1.807) is 0 Å². The Morgan fingerprint density at radius 1 is 1.11 bits per heavy atom. The molecule has 3 aromatic rings. The molecule has 1 amide bonds. The summed E-state index contributed by atoms with van der Waals surface area (Å²) in [5.74, 6) is -3.19. The van der Waals surface area contributed by atoms with Gasteiger partial charge in [0, 0.05) is 61.5 Å². The number of aromatic amines is 1. The molecule has 3 heterocycles. The predicted molar refractivity (Wildman–Crippen MR) is 139 cm³/mol. The average Bonchev–Trinajstić information content (AvgIpc) is 3.28. The van der Waals surface area contributed by atoms with Crippen molar-refractivity contribution in [3.8, 4) is 22.9 Å². The third kappa shape index (κ3) is 5.23. The quantitative estimate of drug-likeness (QED) is 0.447. The Morgan fingerprint density at radius 2 is 1.82 bits per heavy atom. The summed E-state index contributed by atoms with van der Waals surface area (Å²) in [7, 11) is 0. The van der Waals surface area contributed by atoms with Crippen molar-refractivity contribution in [2.24, 2.45) is 0 Å². The number of nitrogens with zero attached hydrogens (tertiary/aromatic N) is 3. The maximum absolute atomic E-state index is 14.2. The van der Waals surface area contributed by atoms with Crippen LogP contribution in [0.4, 0.5) is 13.2 Å². The van der Waals surface area contributed by atoms with E-state index in [9.17, 15) is 23.2 Å². The van der Waals surface area contributed by atoms with Crippen molar-refractivity contribution in [1.29, 1.82) is 5.26 Å². The van der Waals surface area contributed by atoms with Gasteiger partial charge in [0.05, 0.1) is 5.56 Å². The van der Waals surface area contributed by atoms with E-state index in [-0.39, 0.29) is 30.5 Å².